The summed E-state index contributed by atoms with van der Waals surface area (Å²) in [4.78, 5) is 11.4. The summed E-state index contributed by atoms with van der Waals surface area (Å²) < 4.78 is 27.8. The highest BCUT2D eigenvalue weighted by atomic mass is 19.1. The van der Waals surface area contributed by atoms with Crippen molar-refractivity contribution >= 4 is 16.8 Å². The predicted octanol–water partition coefficient (Wildman–Crippen LogP) is 3.70. The molecule has 3 aromatic heterocycles. The highest BCUT2D eigenvalue weighted by Crippen LogP contribution is 2.29. The lowest BCUT2D eigenvalue weighted by atomic mass is 9.99. The fourth-order valence-electron chi connectivity index (χ4n) is 4.16. The predicted molar refractivity (Wildman–Crippen MR) is 123 cm³/mol. The summed E-state index contributed by atoms with van der Waals surface area (Å²) in [5.74, 6) is 0.981. The van der Waals surface area contributed by atoms with Gasteiger partial charge in [-0.05, 0) is 63.7 Å². The van der Waals surface area contributed by atoms with Crippen LogP contribution in [0.25, 0.3) is 28.1 Å². The molecule has 33 heavy (non-hydrogen) atoms. The molecule has 0 bridgehead atoms. The van der Waals surface area contributed by atoms with Gasteiger partial charge >= 0.3 is 0 Å². The molecule has 0 unspecified atom stereocenters. The third kappa shape index (κ3) is 4.51. The number of fused-ring (bicyclic) bond motifs is 3. The van der Waals surface area contributed by atoms with Gasteiger partial charge in [0.25, 0.3) is 0 Å². The second kappa shape index (κ2) is 9.36. The second-order valence-corrected chi connectivity index (χ2v) is 8.59. The van der Waals surface area contributed by atoms with E-state index >= 15 is 0 Å². The standard InChI is InChI=1S/C24H27FN6O2/c1-30(2)10-3-11-33-21-7-4-17(14-18(21)25)19-5-6-20-24(27-19)31-22(15-26-20)28-29-23(31)16-8-12-32-13-9-16/h4-7,14-16H,3,8-13H2,1-2H3. The van der Waals surface area contributed by atoms with Crippen molar-refractivity contribution in [2.45, 2.75) is 25.2 Å². The van der Waals surface area contributed by atoms with Crippen molar-refractivity contribution in [1.82, 2.24) is 29.5 Å². The zero-order chi connectivity index (χ0) is 22.8. The minimum absolute atomic E-state index is 0.253. The van der Waals surface area contributed by atoms with Crippen LogP contribution in [0.3, 0.4) is 0 Å². The molecule has 0 spiro atoms. The van der Waals surface area contributed by atoms with E-state index in [0.717, 1.165) is 37.1 Å². The Hall–Kier alpha value is -3.17. The molecule has 0 aliphatic carbocycles. The summed E-state index contributed by atoms with van der Waals surface area (Å²) >= 11 is 0. The average Bonchev–Trinajstić information content (AvgIpc) is 3.27. The van der Waals surface area contributed by atoms with Gasteiger partial charge in [-0.1, -0.05) is 0 Å². The first-order chi connectivity index (χ1) is 16.1. The Kier molecular flexibility index (Phi) is 6.15. The second-order valence-electron chi connectivity index (χ2n) is 8.59. The maximum atomic E-state index is 14.7. The van der Waals surface area contributed by atoms with E-state index in [1.54, 1.807) is 12.3 Å². The Bertz CT molecular complexity index is 1270. The Balaban J connectivity index is 1.47. The van der Waals surface area contributed by atoms with Gasteiger partial charge < -0.3 is 14.4 Å². The number of pyridine rings is 1. The quantitative estimate of drug-likeness (QED) is 0.397. The average molecular weight is 451 g/mol. The Morgan fingerprint density at radius 1 is 1.15 bits per heavy atom. The molecule has 0 atom stereocenters. The summed E-state index contributed by atoms with van der Waals surface area (Å²) in [6.07, 6.45) is 4.33. The molecular formula is C24H27FN6O2. The molecule has 0 saturated carbocycles. The number of benzene rings is 1. The zero-order valence-corrected chi connectivity index (χ0v) is 18.9. The minimum atomic E-state index is -0.400. The maximum Gasteiger partial charge on any atom is 0.181 e. The lowest BCUT2D eigenvalue weighted by Crippen LogP contribution is -2.16. The third-order valence-electron chi connectivity index (χ3n) is 5.92. The van der Waals surface area contributed by atoms with E-state index in [9.17, 15) is 4.39 Å². The van der Waals surface area contributed by atoms with Gasteiger partial charge in [-0.15, -0.1) is 10.2 Å². The Morgan fingerprint density at radius 2 is 2.00 bits per heavy atom. The van der Waals surface area contributed by atoms with E-state index in [1.807, 2.05) is 36.7 Å². The normalized spacial score (nSPS) is 15.0. The van der Waals surface area contributed by atoms with Crippen LogP contribution in [0.2, 0.25) is 0 Å². The topological polar surface area (TPSA) is 77.7 Å². The molecule has 8 nitrogen and oxygen atoms in total. The summed E-state index contributed by atoms with van der Waals surface area (Å²) in [7, 11) is 4.00. The number of ether oxygens (including phenoxy) is 2. The molecule has 1 aliphatic heterocycles. The number of nitrogens with zero attached hydrogens (tertiary/aromatic N) is 6. The maximum absolute atomic E-state index is 14.7. The zero-order valence-electron chi connectivity index (χ0n) is 18.9. The van der Waals surface area contributed by atoms with Crippen LogP contribution >= 0.6 is 0 Å². The van der Waals surface area contributed by atoms with Crippen LogP contribution in [-0.2, 0) is 4.74 Å². The van der Waals surface area contributed by atoms with E-state index < -0.39 is 5.82 Å². The number of halogens is 1. The van der Waals surface area contributed by atoms with Crippen LogP contribution in [0.15, 0.2) is 36.5 Å². The monoisotopic (exact) mass is 450 g/mol. The van der Waals surface area contributed by atoms with Crippen molar-refractivity contribution in [1.29, 1.82) is 0 Å². The van der Waals surface area contributed by atoms with Gasteiger partial charge in [0, 0.05) is 31.2 Å². The summed E-state index contributed by atoms with van der Waals surface area (Å²) in [5, 5.41) is 8.75. The fourth-order valence-corrected chi connectivity index (χ4v) is 4.16. The first-order valence-electron chi connectivity index (χ1n) is 11.3. The van der Waals surface area contributed by atoms with E-state index in [4.69, 9.17) is 14.5 Å². The molecule has 0 radical (unpaired) electrons. The van der Waals surface area contributed by atoms with Gasteiger partial charge in [-0.3, -0.25) is 4.40 Å². The Morgan fingerprint density at radius 3 is 2.79 bits per heavy atom. The summed E-state index contributed by atoms with van der Waals surface area (Å²) in [6.45, 7) is 2.78. The van der Waals surface area contributed by atoms with Crippen molar-refractivity contribution in [3.05, 3.63) is 48.2 Å². The third-order valence-corrected chi connectivity index (χ3v) is 5.92. The summed E-state index contributed by atoms with van der Waals surface area (Å²) in [5.41, 5.74) is 3.39. The highest BCUT2D eigenvalue weighted by Gasteiger charge is 2.23. The lowest BCUT2D eigenvalue weighted by Gasteiger charge is -2.20. The molecule has 4 aromatic rings. The van der Waals surface area contributed by atoms with Crippen molar-refractivity contribution < 1.29 is 13.9 Å². The van der Waals surface area contributed by atoms with E-state index in [0.29, 0.717) is 42.4 Å². The van der Waals surface area contributed by atoms with Gasteiger partial charge in [-0.2, -0.15) is 0 Å². The number of rotatable bonds is 7. The van der Waals surface area contributed by atoms with Gasteiger partial charge in [0.1, 0.15) is 11.3 Å². The van der Waals surface area contributed by atoms with Crippen LogP contribution in [-0.4, -0.2) is 69.9 Å². The molecule has 1 saturated heterocycles. The van der Waals surface area contributed by atoms with E-state index in [-0.39, 0.29) is 11.7 Å². The van der Waals surface area contributed by atoms with Crippen LogP contribution in [0.1, 0.15) is 31.0 Å². The number of hydrogen-bond acceptors (Lipinski definition) is 7. The number of hydrogen-bond donors (Lipinski definition) is 0. The van der Waals surface area contributed by atoms with Gasteiger partial charge in [0.2, 0.25) is 0 Å². The first-order valence-corrected chi connectivity index (χ1v) is 11.3. The Labute approximate surface area is 191 Å². The van der Waals surface area contributed by atoms with Gasteiger partial charge in [0.15, 0.2) is 22.9 Å². The SMILES string of the molecule is CN(C)CCCOc1ccc(-c2ccc3ncc4nnc(C5CCOCC5)n4c3n2)cc1F. The fraction of sp³-hybridized carbons (Fsp3) is 0.417. The molecule has 1 aromatic carbocycles. The van der Waals surface area contributed by atoms with Crippen molar-refractivity contribution in [2.75, 3.05) is 40.5 Å². The van der Waals surface area contributed by atoms with Crippen molar-refractivity contribution in [2.24, 2.45) is 0 Å². The van der Waals surface area contributed by atoms with Crippen LogP contribution < -0.4 is 4.74 Å². The van der Waals surface area contributed by atoms with Gasteiger partial charge in [0.05, 0.1) is 18.5 Å². The smallest absolute Gasteiger partial charge is 0.181 e. The van der Waals surface area contributed by atoms with Gasteiger partial charge in [-0.25, -0.2) is 14.4 Å². The molecule has 4 heterocycles. The summed E-state index contributed by atoms with van der Waals surface area (Å²) in [6, 6.07) is 8.71. The highest BCUT2D eigenvalue weighted by molar-refractivity contribution is 5.77. The molecule has 0 N–H and O–H groups in total. The van der Waals surface area contributed by atoms with Crippen LogP contribution in [0, 0.1) is 5.82 Å². The molecule has 1 aliphatic rings. The first kappa shape index (κ1) is 21.7. The van der Waals surface area contributed by atoms with Crippen molar-refractivity contribution in [3.8, 4) is 17.0 Å². The van der Waals surface area contributed by atoms with Crippen LogP contribution in [0.5, 0.6) is 5.75 Å². The molecule has 5 rings (SSSR count). The number of aromatic nitrogens is 5. The molecular weight excluding hydrogens is 423 g/mol. The van der Waals surface area contributed by atoms with E-state index in [2.05, 4.69) is 20.1 Å². The molecule has 1 fully saturated rings. The van der Waals surface area contributed by atoms with Crippen molar-refractivity contribution in [3.63, 3.8) is 0 Å². The molecule has 0 amide bonds. The van der Waals surface area contributed by atoms with Crippen LogP contribution in [0.4, 0.5) is 4.39 Å². The lowest BCUT2D eigenvalue weighted by molar-refractivity contribution is 0.0834. The molecule has 172 valence electrons. The minimum Gasteiger partial charge on any atom is -0.490 e. The van der Waals surface area contributed by atoms with E-state index in [1.165, 1.54) is 6.07 Å². The largest absolute Gasteiger partial charge is 0.490 e. The molecule has 9 heteroatoms.